The van der Waals surface area contributed by atoms with Gasteiger partial charge in [0.2, 0.25) is 5.91 Å². The summed E-state index contributed by atoms with van der Waals surface area (Å²) < 4.78 is 11.5. The highest BCUT2D eigenvalue weighted by Gasteiger charge is 2.41. The molecular formula is C15H21NO3S. The maximum absolute atomic E-state index is 12.3. The van der Waals surface area contributed by atoms with Crippen molar-refractivity contribution in [2.75, 3.05) is 20.3 Å². The van der Waals surface area contributed by atoms with Crippen LogP contribution in [0.2, 0.25) is 0 Å². The second-order valence-electron chi connectivity index (χ2n) is 5.60. The number of ether oxygens (including phenoxy) is 2. The molecule has 0 unspecified atom stereocenters. The molecular weight excluding hydrogens is 274 g/mol. The van der Waals surface area contributed by atoms with E-state index < -0.39 is 0 Å². The molecule has 2 heterocycles. The lowest BCUT2D eigenvalue weighted by atomic mass is 9.89. The van der Waals surface area contributed by atoms with Gasteiger partial charge < -0.3 is 14.4 Å². The molecule has 1 aromatic heterocycles. The molecule has 4 nitrogen and oxygen atoms in total. The first kappa shape index (κ1) is 14.0. The van der Waals surface area contributed by atoms with Crippen molar-refractivity contribution < 1.29 is 14.3 Å². The van der Waals surface area contributed by atoms with E-state index in [4.69, 9.17) is 9.47 Å². The quantitative estimate of drug-likeness (QED) is 0.859. The van der Waals surface area contributed by atoms with Gasteiger partial charge in [-0.1, -0.05) is 6.07 Å². The van der Waals surface area contributed by atoms with Gasteiger partial charge in [-0.3, -0.25) is 4.79 Å². The Morgan fingerprint density at radius 2 is 2.10 bits per heavy atom. The highest BCUT2D eigenvalue weighted by molar-refractivity contribution is 7.10. The standard InChI is InChI=1S/C15H21NO3S/c1-16(14(17)11-13-3-2-10-20-13)12-4-6-15(7-5-12)18-8-9-19-15/h2-3,10,12H,4-9,11H2,1H3. The van der Waals surface area contributed by atoms with Gasteiger partial charge in [-0.05, 0) is 24.3 Å². The Morgan fingerprint density at radius 1 is 1.40 bits per heavy atom. The van der Waals surface area contributed by atoms with Crippen molar-refractivity contribution >= 4 is 17.2 Å². The minimum Gasteiger partial charge on any atom is -0.348 e. The molecule has 1 aliphatic carbocycles. The zero-order valence-corrected chi connectivity index (χ0v) is 12.7. The van der Waals surface area contributed by atoms with Crippen LogP contribution < -0.4 is 0 Å². The molecule has 20 heavy (non-hydrogen) atoms. The Hall–Kier alpha value is -0.910. The van der Waals surface area contributed by atoms with Gasteiger partial charge in [0, 0.05) is 30.8 Å². The van der Waals surface area contributed by atoms with Gasteiger partial charge in [-0.2, -0.15) is 0 Å². The summed E-state index contributed by atoms with van der Waals surface area (Å²) in [4.78, 5) is 15.3. The second kappa shape index (κ2) is 5.84. The number of hydrogen-bond donors (Lipinski definition) is 0. The summed E-state index contributed by atoms with van der Waals surface area (Å²) in [5.74, 6) is -0.129. The monoisotopic (exact) mass is 295 g/mol. The minimum atomic E-state index is -0.339. The maximum atomic E-state index is 12.3. The van der Waals surface area contributed by atoms with E-state index >= 15 is 0 Å². The van der Waals surface area contributed by atoms with Gasteiger partial charge in [-0.25, -0.2) is 0 Å². The average molecular weight is 295 g/mol. The maximum Gasteiger partial charge on any atom is 0.227 e. The largest absolute Gasteiger partial charge is 0.348 e. The third-order valence-corrected chi connectivity index (χ3v) is 5.25. The number of hydrogen-bond acceptors (Lipinski definition) is 4. The van der Waals surface area contributed by atoms with E-state index in [0.717, 1.165) is 30.6 Å². The Balaban J connectivity index is 1.53. The summed E-state index contributed by atoms with van der Waals surface area (Å²) in [6.45, 7) is 1.41. The first-order valence-electron chi connectivity index (χ1n) is 7.24. The third kappa shape index (κ3) is 2.90. The van der Waals surface area contributed by atoms with Crippen LogP contribution in [0, 0.1) is 0 Å². The fourth-order valence-corrected chi connectivity index (χ4v) is 3.80. The first-order valence-corrected chi connectivity index (χ1v) is 8.12. The molecule has 0 aromatic carbocycles. The number of thiophene rings is 1. The van der Waals surface area contributed by atoms with Crippen molar-refractivity contribution in [2.45, 2.75) is 43.9 Å². The van der Waals surface area contributed by atoms with Gasteiger partial charge >= 0.3 is 0 Å². The van der Waals surface area contributed by atoms with E-state index in [1.54, 1.807) is 11.3 Å². The van der Waals surface area contributed by atoms with Crippen LogP contribution in [-0.2, 0) is 20.7 Å². The summed E-state index contributed by atoms with van der Waals surface area (Å²) in [7, 11) is 1.93. The number of carbonyl (C=O) groups excluding carboxylic acids is 1. The lowest BCUT2D eigenvalue weighted by Gasteiger charge is -2.39. The van der Waals surface area contributed by atoms with Crippen molar-refractivity contribution in [1.29, 1.82) is 0 Å². The van der Waals surface area contributed by atoms with Gasteiger partial charge in [0.1, 0.15) is 0 Å². The summed E-state index contributed by atoms with van der Waals surface area (Å²) in [6, 6.07) is 4.33. The van der Waals surface area contributed by atoms with Gasteiger partial charge in [0.15, 0.2) is 5.79 Å². The number of carbonyl (C=O) groups is 1. The number of rotatable bonds is 3. The highest BCUT2D eigenvalue weighted by Crippen LogP contribution is 2.37. The average Bonchev–Trinajstić information content (AvgIpc) is 3.11. The van der Waals surface area contributed by atoms with Crippen LogP contribution in [-0.4, -0.2) is 42.9 Å². The molecule has 1 saturated heterocycles. The zero-order chi connectivity index (χ0) is 14.0. The van der Waals surface area contributed by atoms with Crippen LogP contribution in [0.5, 0.6) is 0 Å². The third-order valence-electron chi connectivity index (χ3n) is 4.38. The molecule has 3 rings (SSSR count). The van der Waals surface area contributed by atoms with Crippen LogP contribution in [0.3, 0.4) is 0 Å². The molecule has 0 atom stereocenters. The van der Waals surface area contributed by atoms with Crippen LogP contribution in [0.1, 0.15) is 30.6 Å². The number of amides is 1. The van der Waals surface area contributed by atoms with Crippen LogP contribution in [0.15, 0.2) is 17.5 Å². The topological polar surface area (TPSA) is 38.8 Å². The molecule has 0 N–H and O–H groups in total. The fraction of sp³-hybridized carbons (Fsp3) is 0.667. The van der Waals surface area contributed by atoms with Gasteiger partial charge in [-0.15, -0.1) is 11.3 Å². The van der Waals surface area contributed by atoms with Crippen molar-refractivity contribution in [3.8, 4) is 0 Å². The van der Waals surface area contributed by atoms with Crippen molar-refractivity contribution in [1.82, 2.24) is 4.90 Å². The van der Waals surface area contributed by atoms with Crippen LogP contribution >= 0.6 is 11.3 Å². The van der Waals surface area contributed by atoms with E-state index in [9.17, 15) is 4.79 Å². The molecule has 5 heteroatoms. The van der Waals surface area contributed by atoms with E-state index in [2.05, 4.69) is 0 Å². The lowest BCUT2D eigenvalue weighted by Crippen LogP contribution is -2.45. The van der Waals surface area contributed by atoms with Crippen molar-refractivity contribution in [3.05, 3.63) is 22.4 Å². The molecule has 2 aliphatic rings. The minimum absolute atomic E-state index is 0.210. The second-order valence-corrected chi connectivity index (χ2v) is 6.63. The zero-order valence-electron chi connectivity index (χ0n) is 11.8. The van der Waals surface area contributed by atoms with Crippen LogP contribution in [0.4, 0.5) is 0 Å². The van der Waals surface area contributed by atoms with E-state index in [1.165, 1.54) is 0 Å². The Kier molecular flexibility index (Phi) is 4.10. The molecule has 1 spiro atoms. The molecule has 0 bridgehead atoms. The van der Waals surface area contributed by atoms with Crippen molar-refractivity contribution in [3.63, 3.8) is 0 Å². The van der Waals surface area contributed by atoms with Gasteiger partial charge in [0.05, 0.1) is 19.6 Å². The first-order chi connectivity index (χ1) is 9.69. The molecule has 1 amide bonds. The van der Waals surface area contributed by atoms with Crippen molar-refractivity contribution in [2.24, 2.45) is 0 Å². The Bertz CT molecular complexity index is 444. The Labute approximate surface area is 123 Å². The lowest BCUT2D eigenvalue weighted by molar-refractivity contribution is -0.184. The molecule has 1 saturated carbocycles. The number of nitrogens with zero attached hydrogens (tertiary/aromatic N) is 1. The predicted octanol–water partition coefficient (Wildman–Crippen LogP) is 2.43. The van der Waals surface area contributed by atoms with Gasteiger partial charge in [0.25, 0.3) is 0 Å². The predicted molar refractivity (Wildman–Crippen MR) is 77.7 cm³/mol. The Morgan fingerprint density at radius 3 is 2.70 bits per heavy atom. The fourth-order valence-electron chi connectivity index (χ4n) is 3.11. The van der Waals surface area contributed by atoms with E-state index in [-0.39, 0.29) is 11.7 Å². The summed E-state index contributed by atoms with van der Waals surface area (Å²) in [5, 5.41) is 2.02. The molecule has 2 fully saturated rings. The molecule has 0 radical (unpaired) electrons. The summed E-state index contributed by atoms with van der Waals surface area (Å²) in [6.07, 6.45) is 4.24. The van der Waals surface area contributed by atoms with E-state index in [1.807, 2.05) is 29.5 Å². The van der Waals surface area contributed by atoms with E-state index in [0.29, 0.717) is 25.7 Å². The number of likely N-dealkylation sites (N-methyl/N-ethyl adjacent to an activating group) is 1. The summed E-state index contributed by atoms with van der Waals surface area (Å²) >= 11 is 1.64. The molecule has 110 valence electrons. The highest BCUT2D eigenvalue weighted by atomic mass is 32.1. The molecule has 1 aromatic rings. The summed E-state index contributed by atoms with van der Waals surface area (Å²) in [5.41, 5.74) is 0. The SMILES string of the molecule is CN(C(=O)Cc1cccs1)C1CCC2(CC1)OCCO2. The van der Waals surface area contributed by atoms with Crippen LogP contribution in [0.25, 0.3) is 0 Å². The smallest absolute Gasteiger partial charge is 0.227 e. The normalized spacial score (nSPS) is 22.2. The molecule has 1 aliphatic heterocycles.